The number of fused-ring (bicyclic) bond motifs is 1. The Morgan fingerprint density at radius 3 is 2.60 bits per heavy atom. The first-order valence-corrected chi connectivity index (χ1v) is 4.35. The molecule has 1 aromatic rings. The average Bonchev–Trinajstić information content (AvgIpc) is 2.61. The van der Waals surface area contributed by atoms with Crippen LogP contribution in [0, 0.1) is 10.1 Å². The van der Waals surface area contributed by atoms with Crippen LogP contribution in [0.15, 0.2) is 12.1 Å². The molecule has 1 aromatic carbocycles. The van der Waals surface area contributed by atoms with Gasteiger partial charge >= 0.3 is 0 Å². The van der Waals surface area contributed by atoms with Crippen LogP contribution < -0.4 is 9.47 Å². The smallest absolute Gasteiger partial charge is 0.279 e. The number of hydrogen-bond donors (Lipinski definition) is 1. The molecule has 0 bridgehead atoms. The van der Waals surface area contributed by atoms with Crippen LogP contribution in [-0.2, 0) is 0 Å². The van der Waals surface area contributed by atoms with Crippen LogP contribution in [0.1, 0.15) is 18.6 Å². The summed E-state index contributed by atoms with van der Waals surface area (Å²) in [5.41, 5.74) is 0.0681. The molecule has 2 rings (SSSR count). The van der Waals surface area contributed by atoms with Crippen molar-refractivity contribution in [2.45, 2.75) is 13.0 Å². The molecule has 1 N–H and O–H groups in total. The van der Waals surface area contributed by atoms with Gasteiger partial charge in [-0.1, -0.05) is 0 Å². The van der Waals surface area contributed by atoms with Gasteiger partial charge in [-0.2, -0.15) is 0 Å². The number of ether oxygens (including phenoxy) is 2. The molecule has 6 heteroatoms. The quantitative estimate of drug-likeness (QED) is 0.590. The highest BCUT2D eigenvalue weighted by molar-refractivity contribution is 5.55. The Morgan fingerprint density at radius 2 is 2.07 bits per heavy atom. The Kier molecular flexibility index (Phi) is 2.20. The van der Waals surface area contributed by atoms with E-state index in [9.17, 15) is 15.2 Å². The van der Waals surface area contributed by atoms with Crippen molar-refractivity contribution in [2.24, 2.45) is 0 Å². The number of aliphatic hydroxyl groups is 1. The first-order chi connectivity index (χ1) is 7.09. The topological polar surface area (TPSA) is 81.8 Å². The van der Waals surface area contributed by atoms with Crippen molar-refractivity contribution >= 4 is 5.69 Å². The molecule has 0 saturated carbocycles. The SMILES string of the molecule is CC(O)c1cc2c(cc1[N+](=O)[O-])OCO2. The van der Waals surface area contributed by atoms with Gasteiger partial charge in [0, 0.05) is 0 Å². The highest BCUT2D eigenvalue weighted by atomic mass is 16.7. The van der Waals surface area contributed by atoms with Gasteiger partial charge in [0.05, 0.1) is 22.7 Å². The monoisotopic (exact) mass is 211 g/mol. The summed E-state index contributed by atoms with van der Waals surface area (Å²) in [6.07, 6.45) is -0.917. The third-order valence-electron chi connectivity index (χ3n) is 2.17. The van der Waals surface area contributed by atoms with Crippen LogP contribution in [0.5, 0.6) is 11.5 Å². The maximum atomic E-state index is 10.7. The minimum absolute atomic E-state index is 0.0513. The fourth-order valence-electron chi connectivity index (χ4n) is 1.44. The maximum absolute atomic E-state index is 10.7. The van der Waals surface area contributed by atoms with Gasteiger partial charge in [-0.3, -0.25) is 10.1 Å². The first-order valence-electron chi connectivity index (χ1n) is 4.35. The van der Waals surface area contributed by atoms with Gasteiger partial charge in [0.1, 0.15) is 0 Å². The van der Waals surface area contributed by atoms with E-state index in [1.54, 1.807) is 0 Å². The Labute approximate surface area is 85.2 Å². The lowest BCUT2D eigenvalue weighted by molar-refractivity contribution is -0.386. The number of nitro groups is 1. The molecule has 1 heterocycles. The summed E-state index contributed by atoms with van der Waals surface area (Å²) in [4.78, 5) is 10.2. The molecule has 0 radical (unpaired) electrons. The zero-order chi connectivity index (χ0) is 11.0. The predicted molar refractivity (Wildman–Crippen MR) is 49.9 cm³/mol. The van der Waals surface area contributed by atoms with Crippen molar-refractivity contribution in [1.82, 2.24) is 0 Å². The maximum Gasteiger partial charge on any atom is 0.279 e. The average molecular weight is 211 g/mol. The largest absolute Gasteiger partial charge is 0.454 e. The van der Waals surface area contributed by atoms with E-state index in [1.807, 2.05) is 0 Å². The van der Waals surface area contributed by atoms with E-state index in [4.69, 9.17) is 9.47 Å². The molecular weight excluding hydrogens is 202 g/mol. The lowest BCUT2D eigenvalue weighted by atomic mass is 10.1. The van der Waals surface area contributed by atoms with Crippen LogP contribution in [0.2, 0.25) is 0 Å². The lowest BCUT2D eigenvalue weighted by Crippen LogP contribution is -1.99. The Hall–Kier alpha value is -1.82. The van der Waals surface area contributed by atoms with Gasteiger partial charge in [0.2, 0.25) is 6.79 Å². The number of hydrogen-bond acceptors (Lipinski definition) is 5. The second kappa shape index (κ2) is 3.39. The predicted octanol–water partition coefficient (Wildman–Crippen LogP) is 1.38. The first kappa shape index (κ1) is 9.72. The molecule has 1 atom stereocenters. The lowest BCUT2D eigenvalue weighted by Gasteiger charge is -2.06. The minimum atomic E-state index is -0.917. The Morgan fingerprint density at radius 1 is 1.47 bits per heavy atom. The van der Waals surface area contributed by atoms with Gasteiger partial charge < -0.3 is 14.6 Å². The van der Waals surface area contributed by atoms with Crippen molar-refractivity contribution in [3.8, 4) is 11.5 Å². The molecular formula is C9H9NO5. The summed E-state index contributed by atoms with van der Waals surface area (Å²) in [5, 5.41) is 20.1. The third-order valence-corrected chi connectivity index (χ3v) is 2.17. The fraction of sp³-hybridized carbons (Fsp3) is 0.333. The molecule has 0 fully saturated rings. The molecule has 15 heavy (non-hydrogen) atoms. The number of benzene rings is 1. The van der Waals surface area contributed by atoms with Crippen molar-refractivity contribution < 1.29 is 19.5 Å². The molecule has 1 aliphatic rings. The van der Waals surface area contributed by atoms with Gasteiger partial charge in [0.15, 0.2) is 11.5 Å². The highest BCUT2D eigenvalue weighted by Crippen LogP contribution is 2.39. The van der Waals surface area contributed by atoms with E-state index in [-0.39, 0.29) is 18.0 Å². The van der Waals surface area contributed by atoms with E-state index in [2.05, 4.69) is 0 Å². The van der Waals surface area contributed by atoms with Crippen molar-refractivity contribution in [2.75, 3.05) is 6.79 Å². The number of aliphatic hydroxyl groups excluding tert-OH is 1. The molecule has 80 valence electrons. The molecule has 0 saturated heterocycles. The van der Waals surface area contributed by atoms with Crippen LogP contribution in [0.4, 0.5) is 5.69 Å². The zero-order valence-electron chi connectivity index (χ0n) is 7.97. The van der Waals surface area contributed by atoms with E-state index in [1.165, 1.54) is 19.1 Å². The molecule has 0 aromatic heterocycles. The fourth-order valence-corrected chi connectivity index (χ4v) is 1.44. The Balaban J connectivity index is 2.57. The van der Waals surface area contributed by atoms with Crippen LogP contribution in [0.25, 0.3) is 0 Å². The summed E-state index contributed by atoms with van der Waals surface area (Å²) < 4.78 is 10.1. The van der Waals surface area contributed by atoms with Crippen molar-refractivity contribution in [1.29, 1.82) is 0 Å². The number of nitro benzene ring substituents is 1. The molecule has 1 aliphatic heterocycles. The summed E-state index contributed by atoms with van der Waals surface area (Å²) in [6.45, 7) is 1.51. The summed E-state index contributed by atoms with van der Waals surface area (Å²) >= 11 is 0. The van der Waals surface area contributed by atoms with E-state index >= 15 is 0 Å². The van der Waals surface area contributed by atoms with Gasteiger partial charge in [-0.05, 0) is 13.0 Å². The zero-order valence-corrected chi connectivity index (χ0v) is 7.97. The van der Waals surface area contributed by atoms with Gasteiger partial charge in [-0.15, -0.1) is 0 Å². The van der Waals surface area contributed by atoms with E-state index in [0.29, 0.717) is 11.5 Å². The normalized spacial score (nSPS) is 15.1. The molecule has 1 unspecified atom stereocenters. The molecule has 6 nitrogen and oxygen atoms in total. The summed E-state index contributed by atoms with van der Waals surface area (Å²) in [7, 11) is 0. The summed E-state index contributed by atoms with van der Waals surface area (Å²) in [6, 6.07) is 2.70. The third kappa shape index (κ3) is 1.59. The highest BCUT2D eigenvalue weighted by Gasteiger charge is 2.25. The molecule has 0 spiro atoms. The molecule has 0 amide bonds. The number of rotatable bonds is 2. The second-order valence-electron chi connectivity index (χ2n) is 3.20. The van der Waals surface area contributed by atoms with Crippen LogP contribution in [-0.4, -0.2) is 16.8 Å². The van der Waals surface area contributed by atoms with E-state index in [0.717, 1.165) is 0 Å². The molecule has 0 aliphatic carbocycles. The Bertz CT molecular complexity index is 415. The minimum Gasteiger partial charge on any atom is -0.454 e. The van der Waals surface area contributed by atoms with Crippen molar-refractivity contribution in [3.05, 3.63) is 27.8 Å². The van der Waals surface area contributed by atoms with Crippen LogP contribution >= 0.6 is 0 Å². The summed E-state index contributed by atoms with van der Waals surface area (Å²) in [5.74, 6) is 0.766. The van der Waals surface area contributed by atoms with Gasteiger partial charge in [0.25, 0.3) is 5.69 Å². The van der Waals surface area contributed by atoms with Gasteiger partial charge in [-0.25, -0.2) is 0 Å². The van der Waals surface area contributed by atoms with E-state index < -0.39 is 11.0 Å². The standard InChI is InChI=1S/C9H9NO5/c1-5(11)6-2-8-9(15-4-14-8)3-7(6)10(12)13/h2-3,5,11H,4H2,1H3. The number of nitrogens with zero attached hydrogens (tertiary/aromatic N) is 1. The second-order valence-corrected chi connectivity index (χ2v) is 3.20. The van der Waals surface area contributed by atoms with Crippen LogP contribution in [0.3, 0.4) is 0 Å². The van der Waals surface area contributed by atoms with Crippen molar-refractivity contribution in [3.63, 3.8) is 0 Å².